The normalized spacial score (nSPS) is 17.8. The van der Waals surface area contributed by atoms with Crippen LogP contribution in [0.2, 0.25) is 0 Å². The summed E-state index contributed by atoms with van der Waals surface area (Å²) in [6.07, 6.45) is 5.80. The molecule has 3 aromatic rings. The average molecular weight is 339 g/mol. The first-order chi connectivity index (χ1) is 12.3. The van der Waals surface area contributed by atoms with Crippen LogP contribution in [0.1, 0.15) is 37.3 Å². The molecule has 0 bridgehead atoms. The smallest absolute Gasteiger partial charge is 0.261 e. The van der Waals surface area contributed by atoms with E-state index in [0.717, 1.165) is 49.7 Å². The van der Waals surface area contributed by atoms with Crippen LogP contribution in [-0.4, -0.2) is 43.0 Å². The van der Waals surface area contributed by atoms with Crippen molar-refractivity contribution < 1.29 is 4.52 Å². The summed E-state index contributed by atoms with van der Waals surface area (Å²) in [7, 11) is 0. The Bertz CT molecular complexity index is 856. The molecule has 0 aromatic carbocycles. The SMILES string of the molecule is CCn1cnnc1C1CCCN(c2ncccc2-c2nc(C)no2)C1. The molecule has 1 aliphatic rings. The molecule has 1 atom stereocenters. The van der Waals surface area contributed by atoms with Crippen molar-refractivity contribution in [3.63, 3.8) is 0 Å². The van der Waals surface area contributed by atoms with Crippen molar-refractivity contribution >= 4 is 5.82 Å². The molecule has 0 N–H and O–H groups in total. The van der Waals surface area contributed by atoms with E-state index in [4.69, 9.17) is 4.52 Å². The predicted octanol–water partition coefficient (Wildman–Crippen LogP) is 2.44. The van der Waals surface area contributed by atoms with Gasteiger partial charge in [-0.05, 0) is 38.8 Å². The Labute approximate surface area is 145 Å². The van der Waals surface area contributed by atoms with E-state index >= 15 is 0 Å². The van der Waals surface area contributed by atoms with Crippen LogP contribution in [0.15, 0.2) is 29.2 Å². The number of hydrogen-bond donors (Lipinski definition) is 0. The molecule has 1 aliphatic heterocycles. The average Bonchev–Trinajstić information content (AvgIpc) is 3.30. The largest absolute Gasteiger partial charge is 0.355 e. The lowest BCUT2D eigenvalue weighted by Crippen LogP contribution is -2.36. The van der Waals surface area contributed by atoms with Crippen molar-refractivity contribution in [2.75, 3.05) is 18.0 Å². The molecule has 8 nitrogen and oxygen atoms in total. The zero-order valence-corrected chi connectivity index (χ0v) is 14.5. The molecular formula is C17H21N7O. The Morgan fingerprint density at radius 1 is 1.36 bits per heavy atom. The maximum absolute atomic E-state index is 5.36. The number of nitrogens with zero attached hydrogens (tertiary/aromatic N) is 7. The van der Waals surface area contributed by atoms with Gasteiger partial charge in [-0.2, -0.15) is 4.98 Å². The lowest BCUT2D eigenvalue weighted by Gasteiger charge is -2.33. The quantitative estimate of drug-likeness (QED) is 0.721. The summed E-state index contributed by atoms with van der Waals surface area (Å²) in [5.41, 5.74) is 0.876. The van der Waals surface area contributed by atoms with Gasteiger partial charge in [0.1, 0.15) is 18.0 Å². The summed E-state index contributed by atoms with van der Waals surface area (Å²) < 4.78 is 7.48. The summed E-state index contributed by atoms with van der Waals surface area (Å²) in [6.45, 7) is 6.62. The van der Waals surface area contributed by atoms with Crippen molar-refractivity contribution in [3.05, 3.63) is 36.3 Å². The molecule has 1 unspecified atom stereocenters. The number of hydrogen-bond acceptors (Lipinski definition) is 7. The van der Waals surface area contributed by atoms with Gasteiger partial charge in [0.25, 0.3) is 5.89 Å². The van der Waals surface area contributed by atoms with Crippen LogP contribution in [0, 0.1) is 6.92 Å². The second-order valence-electron chi connectivity index (χ2n) is 6.28. The Morgan fingerprint density at radius 3 is 3.08 bits per heavy atom. The van der Waals surface area contributed by atoms with Gasteiger partial charge in [-0.15, -0.1) is 10.2 Å². The fourth-order valence-corrected chi connectivity index (χ4v) is 3.43. The Balaban J connectivity index is 1.64. The highest BCUT2D eigenvalue weighted by molar-refractivity contribution is 5.69. The molecule has 25 heavy (non-hydrogen) atoms. The van der Waals surface area contributed by atoms with E-state index in [2.05, 4.69) is 41.7 Å². The van der Waals surface area contributed by atoms with Gasteiger partial charge in [0.05, 0.1) is 5.56 Å². The zero-order chi connectivity index (χ0) is 17.2. The van der Waals surface area contributed by atoms with Crippen molar-refractivity contribution in [1.29, 1.82) is 0 Å². The van der Waals surface area contributed by atoms with E-state index in [9.17, 15) is 0 Å². The van der Waals surface area contributed by atoms with Crippen LogP contribution >= 0.6 is 0 Å². The fraction of sp³-hybridized carbons (Fsp3) is 0.471. The highest BCUT2D eigenvalue weighted by atomic mass is 16.5. The van der Waals surface area contributed by atoms with E-state index in [1.807, 2.05) is 25.4 Å². The van der Waals surface area contributed by atoms with Gasteiger partial charge in [-0.3, -0.25) is 0 Å². The van der Waals surface area contributed by atoms with E-state index in [-0.39, 0.29) is 0 Å². The molecule has 0 amide bonds. The number of anilines is 1. The standard InChI is InChI=1S/C17H21N7O/c1-3-23-11-19-21-15(23)13-6-5-9-24(10-13)16-14(7-4-8-18-16)17-20-12(2)22-25-17/h4,7-8,11,13H,3,5-6,9-10H2,1-2H3. The number of piperidine rings is 1. The molecule has 0 spiro atoms. The molecule has 1 saturated heterocycles. The molecule has 8 heteroatoms. The highest BCUT2D eigenvalue weighted by Crippen LogP contribution is 2.33. The van der Waals surface area contributed by atoms with Crippen molar-refractivity contribution in [2.45, 2.75) is 39.2 Å². The topological polar surface area (TPSA) is 85.8 Å². The van der Waals surface area contributed by atoms with Gasteiger partial charge in [-0.25, -0.2) is 4.98 Å². The second kappa shape index (κ2) is 6.62. The maximum atomic E-state index is 5.36. The van der Waals surface area contributed by atoms with Gasteiger partial charge in [0, 0.05) is 31.7 Å². The Morgan fingerprint density at radius 2 is 2.28 bits per heavy atom. The number of pyridine rings is 1. The minimum atomic E-state index is 0.343. The van der Waals surface area contributed by atoms with E-state index in [0.29, 0.717) is 17.6 Å². The Kier molecular flexibility index (Phi) is 4.17. The number of aromatic nitrogens is 6. The van der Waals surface area contributed by atoms with Crippen LogP contribution in [0.5, 0.6) is 0 Å². The number of aryl methyl sites for hydroxylation is 2. The van der Waals surface area contributed by atoms with Crippen LogP contribution in [0.4, 0.5) is 5.82 Å². The monoisotopic (exact) mass is 339 g/mol. The van der Waals surface area contributed by atoms with Crippen LogP contribution in [0.25, 0.3) is 11.5 Å². The second-order valence-corrected chi connectivity index (χ2v) is 6.28. The highest BCUT2D eigenvalue weighted by Gasteiger charge is 2.28. The first-order valence-electron chi connectivity index (χ1n) is 8.64. The van der Waals surface area contributed by atoms with Gasteiger partial charge in [-0.1, -0.05) is 5.16 Å². The molecule has 1 fully saturated rings. The molecule has 0 radical (unpaired) electrons. The van der Waals surface area contributed by atoms with Crippen LogP contribution < -0.4 is 4.90 Å². The van der Waals surface area contributed by atoms with Crippen molar-refractivity contribution in [2.24, 2.45) is 0 Å². The lowest BCUT2D eigenvalue weighted by molar-refractivity contribution is 0.425. The molecule has 4 heterocycles. The predicted molar refractivity (Wildman–Crippen MR) is 92.2 cm³/mol. The fourth-order valence-electron chi connectivity index (χ4n) is 3.43. The van der Waals surface area contributed by atoms with Gasteiger partial charge in [0.15, 0.2) is 5.82 Å². The summed E-state index contributed by atoms with van der Waals surface area (Å²) in [5, 5.41) is 12.3. The van der Waals surface area contributed by atoms with Crippen molar-refractivity contribution in [1.82, 2.24) is 29.9 Å². The summed E-state index contributed by atoms with van der Waals surface area (Å²) in [4.78, 5) is 11.3. The summed E-state index contributed by atoms with van der Waals surface area (Å²) in [5.74, 6) is 3.42. The van der Waals surface area contributed by atoms with E-state index in [1.165, 1.54) is 0 Å². The van der Waals surface area contributed by atoms with Gasteiger partial charge >= 0.3 is 0 Å². The van der Waals surface area contributed by atoms with Gasteiger partial charge in [0.2, 0.25) is 0 Å². The minimum absolute atomic E-state index is 0.343. The van der Waals surface area contributed by atoms with E-state index in [1.54, 1.807) is 6.20 Å². The van der Waals surface area contributed by atoms with Crippen LogP contribution in [-0.2, 0) is 6.54 Å². The molecular weight excluding hydrogens is 318 g/mol. The molecule has 130 valence electrons. The lowest BCUT2D eigenvalue weighted by atomic mass is 9.96. The minimum Gasteiger partial charge on any atom is -0.355 e. The first-order valence-corrected chi connectivity index (χ1v) is 8.64. The Hall–Kier alpha value is -2.77. The van der Waals surface area contributed by atoms with Crippen LogP contribution in [0.3, 0.4) is 0 Å². The number of rotatable bonds is 4. The first kappa shape index (κ1) is 15.7. The molecule has 4 rings (SSSR count). The van der Waals surface area contributed by atoms with E-state index < -0.39 is 0 Å². The summed E-state index contributed by atoms with van der Waals surface area (Å²) >= 11 is 0. The maximum Gasteiger partial charge on any atom is 0.261 e. The molecule has 0 aliphatic carbocycles. The van der Waals surface area contributed by atoms with Crippen molar-refractivity contribution in [3.8, 4) is 11.5 Å². The third kappa shape index (κ3) is 2.99. The molecule has 0 saturated carbocycles. The zero-order valence-electron chi connectivity index (χ0n) is 14.5. The van der Waals surface area contributed by atoms with Gasteiger partial charge < -0.3 is 14.0 Å². The summed E-state index contributed by atoms with van der Waals surface area (Å²) in [6, 6.07) is 3.88. The third-order valence-electron chi connectivity index (χ3n) is 4.62. The molecule has 3 aromatic heterocycles. The third-order valence-corrected chi connectivity index (χ3v) is 4.62.